The van der Waals surface area contributed by atoms with E-state index in [9.17, 15) is 9.59 Å². The molecule has 9 heteroatoms. The Balaban J connectivity index is 2.41. The van der Waals surface area contributed by atoms with E-state index in [4.69, 9.17) is 5.84 Å². The van der Waals surface area contributed by atoms with E-state index in [0.29, 0.717) is 16.1 Å². The van der Waals surface area contributed by atoms with E-state index in [-0.39, 0.29) is 18.4 Å². The maximum Gasteiger partial charge on any atom is 0.249 e. The Morgan fingerprint density at radius 3 is 2.94 bits per heavy atom. The quantitative estimate of drug-likeness (QED) is 0.378. The van der Waals surface area contributed by atoms with Gasteiger partial charge in [-0.1, -0.05) is 0 Å². The summed E-state index contributed by atoms with van der Waals surface area (Å²) in [5, 5.41) is 2.26. The van der Waals surface area contributed by atoms with Crippen LogP contribution in [-0.4, -0.2) is 34.4 Å². The maximum absolute atomic E-state index is 11.6. The van der Waals surface area contributed by atoms with Crippen molar-refractivity contribution in [3.63, 3.8) is 0 Å². The van der Waals surface area contributed by atoms with Gasteiger partial charge in [-0.3, -0.25) is 14.9 Å². The van der Waals surface area contributed by atoms with Gasteiger partial charge in [-0.2, -0.15) is 0 Å². The number of carbonyl (C=O) groups is 2. The van der Waals surface area contributed by atoms with Crippen LogP contribution in [-0.2, 0) is 9.59 Å². The third-order valence-electron chi connectivity index (χ3n) is 2.60. The number of amides is 2. The van der Waals surface area contributed by atoms with Crippen LogP contribution in [0.5, 0.6) is 0 Å². The Morgan fingerprint density at radius 2 is 2.28 bits per heavy atom. The topological polar surface area (TPSA) is 113 Å². The van der Waals surface area contributed by atoms with E-state index in [1.807, 2.05) is 0 Å². The lowest BCUT2D eigenvalue weighted by molar-refractivity contribution is -0.132. The summed E-state index contributed by atoms with van der Waals surface area (Å²) in [5.74, 6) is 5.39. The van der Waals surface area contributed by atoms with Crippen molar-refractivity contribution >= 4 is 39.4 Å². The van der Waals surface area contributed by atoms with Crippen molar-refractivity contribution < 1.29 is 9.59 Å². The zero-order chi connectivity index (χ0) is 13.3. The van der Waals surface area contributed by atoms with Crippen LogP contribution in [0.25, 0.3) is 0 Å². The largest absolute Gasteiger partial charge is 0.334 e. The van der Waals surface area contributed by atoms with E-state index < -0.39 is 6.04 Å². The molecule has 0 bridgehead atoms. The number of nitrogens with one attached hydrogen (secondary N) is 2. The Hall–Kier alpha value is -1.74. The summed E-state index contributed by atoms with van der Waals surface area (Å²) in [4.78, 5) is 32.5. The van der Waals surface area contributed by atoms with Crippen LogP contribution in [0.15, 0.2) is 10.8 Å². The van der Waals surface area contributed by atoms with Crippen molar-refractivity contribution in [1.29, 1.82) is 0 Å². The number of carbonyl (C=O) groups excluding carboxylic acids is 2. The average Bonchev–Trinajstić information content (AvgIpc) is 2.34. The van der Waals surface area contributed by atoms with Gasteiger partial charge in [-0.25, -0.2) is 15.8 Å². The minimum atomic E-state index is -0.500. The first-order valence-electron chi connectivity index (χ1n) is 5.12. The van der Waals surface area contributed by atoms with Gasteiger partial charge < -0.3 is 10.3 Å². The maximum atomic E-state index is 11.6. The van der Waals surface area contributed by atoms with Crippen LogP contribution in [0.3, 0.4) is 0 Å². The van der Waals surface area contributed by atoms with E-state index in [0.717, 1.165) is 0 Å². The van der Waals surface area contributed by atoms with Crippen molar-refractivity contribution in [2.75, 3.05) is 16.9 Å². The Labute approximate surface area is 111 Å². The molecule has 2 heterocycles. The molecule has 18 heavy (non-hydrogen) atoms. The summed E-state index contributed by atoms with van der Waals surface area (Å²) >= 11 is 3.29. The number of aromatic nitrogens is 2. The standard InChI is InChI=1S/C9H11BrN6O2/c1-4-9(18)14-5(17)2-16(4)8-6(10)7(15-11)12-3-13-8/h3-4H,2,11H2,1H3,(H,12,13,15)(H,14,17,18). The number of anilines is 2. The number of hydrogen-bond donors (Lipinski definition) is 3. The first-order chi connectivity index (χ1) is 8.54. The number of piperazine rings is 1. The zero-order valence-corrected chi connectivity index (χ0v) is 11.1. The fourth-order valence-electron chi connectivity index (χ4n) is 1.63. The summed E-state index contributed by atoms with van der Waals surface area (Å²) in [7, 11) is 0. The van der Waals surface area contributed by atoms with Crippen LogP contribution in [0, 0.1) is 0 Å². The highest BCUT2D eigenvalue weighted by molar-refractivity contribution is 9.10. The summed E-state index contributed by atoms with van der Waals surface area (Å²) in [6.45, 7) is 1.73. The molecule has 1 aromatic heterocycles. The SMILES string of the molecule is CC1C(=O)NC(=O)CN1c1ncnc(NN)c1Br. The van der Waals surface area contributed by atoms with Crippen LogP contribution in [0.2, 0.25) is 0 Å². The molecule has 0 spiro atoms. The molecule has 0 saturated carbocycles. The van der Waals surface area contributed by atoms with Crippen LogP contribution in [0.4, 0.5) is 11.6 Å². The fourth-order valence-corrected chi connectivity index (χ4v) is 2.18. The number of imide groups is 1. The van der Waals surface area contributed by atoms with Crippen LogP contribution >= 0.6 is 15.9 Å². The van der Waals surface area contributed by atoms with Crippen molar-refractivity contribution in [2.45, 2.75) is 13.0 Å². The number of rotatable bonds is 2. The van der Waals surface area contributed by atoms with E-state index in [2.05, 4.69) is 36.6 Å². The second kappa shape index (κ2) is 4.86. The lowest BCUT2D eigenvalue weighted by atomic mass is 10.2. The third-order valence-corrected chi connectivity index (χ3v) is 3.33. The Kier molecular flexibility index (Phi) is 3.43. The summed E-state index contributed by atoms with van der Waals surface area (Å²) in [6, 6.07) is -0.500. The van der Waals surface area contributed by atoms with Gasteiger partial charge in [-0.15, -0.1) is 0 Å². The molecule has 0 aliphatic carbocycles. The molecule has 1 aliphatic rings. The number of nitrogens with two attached hydrogens (primary N) is 1. The molecule has 0 aromatic carbocycles. The minimum Gasteiger partial charge on any atom is -0.334 e. The second-order valence-electron chi connectivity index (χ2n) is 3.72. The number of nitrogen functional groups attached to an aromatic ring is 1. The third kappa shape index (κ3) is 2.14. The van der Waals surface area contributed by atoms with E-state index in [1.54, 1.807) is 11.8 Å². The molecule has 96 valence electrons. The van der Waals surface area contributed by atoms with Gasteiger partial charge in [-0.05, 0) is 22.9 Å². The molecule has 1 unspecified atom stereocenters. The lowest BCUT2D eigenvalue weighted by Gasteiger charge is -2.33. The van der Waals surface area contributed by atoms with E-state index in [1.165, 1.54) is 6.33 Å². The summed E-state index contributed by atoms with van der Waals surface area (Å²) in [6.07, 6.45) is 1.30. The Bertz CT molecular complexity index is 508. The predicted octanol–water partition coefficient (Wildman–Crippen LogP) is -0.624. The van der Waals surface area contributed by atoms with Crippen molar-refractivity contribution in [2.24, 2.45) is 5.84 Å². The molecule has 2 rings (SSSR count). The normalized spacial score (nSPS) is 19.7. The van der Waals surface area contributed by atoms with Gasteiger partial charge in [0.05, 0.1) is 6.54 Å². The summed E-state index contributed by atoms with van der Waals surface area (Å²) < 4.78 is 0.502. The molecule has 1 aromatic rings. The van der Waals surface area contributed by atoms with Gasteiger partial charge in [0.1, 0.15) is 22.7 Å². The van der Waals surface area contributed by atoms with Gasteiger partial charge >= 0.3 is 0 Å². The molecule has 1 fully saturated rings. The highest BCUT2D eigenvalue weighted by atomic mass is 79.9. The van der Waals surface area contributed by atoms with Crippen LogP contribution in [0.1, 0.15) is 6.92 Å². The minimum absolute atomic E-state index is 0.0481. The molecule has 1 aliphatic heterocycles. The van der Waals surface area contributed by atoms with Crippen molar-refractivity contribution in [3.05, 3.63) is 10.8 Å². The lowest BCUT2D eigenvalue weighted by Crippen LogP contribution is -2.57. The monoisotopic (exact) mass is 314 g/mol. The van der Waals surface area contributed by atoms with E-state index >= 15 is 0 Å². The highest BCUT2D eigenvalue weighted by Crippen LogP contribution is 2.30. The van der Waals surface area contributed by atoms with Crippen molar-refractivity contribution in [3.8, 4) is 0 Å². The Morgan fingerprint density at radius 1 is 1.56 bits per heavy atom. The first-order valence-corrected chi connectivity index (χ1v) is 5.91. The molecule has 2 amide bonds. The molecule has 4 N–H and O–H groups in total. The highest BCUT2D eigenvalue weighted by Gasteiger charge is 2.32. The molecule has 8 nitrogen and oxygen atoms in total. The summed E-state index contributed by atoms with van der Waals surface area (Å²) in [5.41, 5.74) is 2.40. The van der Waals surface area contributed by atoms with Crippen LogP contribution < -0.4 is 21.5 Å². The number of hydrogen-bond acceptors (Lipinski definition) is 7. The molecule has 1 atom stereocenters. The smallest absolute Gasteiger partial charge is 0.249 e. The van der Waals surface area contributed by atoms with Gasteiger partial charge in [0.15, 0.2) is 5.82 Å². The number of hydrazine groups is 1. The predicted molar refractivity (Wildman–Crippen MR) is 67.5 cm³/mol. The van der Waals surface area contributed by atoms with Gasteiger partial charge in [0.2, 0.25) is 11.8 Å². The zero-order valence-electron chi connectivity index (χ0n) is 9.48. The number of nitrogens with zero attached hydrogens (tertiary/aromatic N) is 3. The second-order valence-corrected chi connectivity index (χ2v) is 4.51. The average molecular weight is 315 g/mol. The van der Waals surface area contributed by atoms with Gasteiger partial charge in [0.25, 0.3) is 0 Å². The molecular weight excluding hydrogens is 304 g/mol. The first kappa shape index (κ1) is 12.7. The molecule has 1 saturated heterocycles. The van der Waals surface area contributed by atoms with Crippen molar-refractivity contribution in [1.82, 2.24) is 15.3 Å². The number of halogens is 1. The molecular formula is C9H11BrN6O2. The van der Waals surface area contributed by atoms with Gasteiger partial charge in [0, 0.05) is 0 Å². The fraction of sp³-hybridized carbons (Fsp3) is 0.333. The molecule has 0 radical (unpaired) electrons.